The standard InChI is InChI=1S/C17H25NO3/c19-15-12-18(9-10-20-13-15)11-14-5-7-17(8-6-14)21-16-3-1-2-4-16/h5-8,15-16,19H,1-4,9-13H2. The number of aliphatic hydroxyl groups excluding tert-OH is 1. The average Bonchev–Trinajstić information content (AvgIpc) is 2.90. The van der Waals surface area contributed by atoms with E-state index in [0.717, 1.165) is 18.8 Å². The third kappa shape index (κ3) is 4.43. The van der Waals surface area contributed by atoms with Crippen LogP contribution in [0.25, 0.3) is 0 Å². The van der Waals surface area contributed by atoms with Gasteiger partial charge in [0.15, 0.2) is 0 Å². The number of rotatable bonds is 4. The highest BCUT2D eigenvalue weighted by atomic mass is 16.5. The summed E-state index contributed by atoms with van der Waals surface area (Å²) in [5.74, 6) is 0.977. The number of nitrogens with zero attached hydrogens (tertiary/aromatic N) is 1. The van der Waals surface area contributed by atoms with E-state index < -0.39 is 0 Å². The second-order valence-corrected chi connectivity index (χ2v) is 6.13. The van der Waals surface area contributed by atoms with E-state index in [9.17, 15) is 5.11 Å². The van der Waals surface area contributed by atoms with E-state index >= 15 is 0 Å². The van der Waals surface area contributed by atoms with Gasteiger partial charge in [-0.3, -0.25) is 4.90 Å². The van der Waals surface area contributed by atoms with E-state index in [4.69, 9.17) is 9.47 Å². The molecule has 21 heavy (non-hydrogen) atoms. The van der Waals surface area contributed by atoms with Gasteiger partial charge in [-0.25, -0.2) is 0 Å². The van der Waals surface area contributed by atoms with E-state index in [2.05, 4.69) is 29.2 Å². The molecule has 4 nitrogen and oxygen atoms in total. The van der Waals surface area contributed by atoms with Crippen molar-refractivity contribution in [2.75, 3.05) is 26.3 Å². The summed E-state index contributed by atoms with van der Waals surface area (Å²) in [6, 6.07) is 8.39. The molecule has 1 saturated heterocycles. The first-order valence-electron chi connectivity index (χ1n) is 8.03. The highest BCUT2D eigenvalue weighted by molar-refractivity contribution is 5.27. The molecular weight excluding hydrogens is 266 g/mol. The Bertz CT molecular complexity index is 428. The zero-order valence-corrected chi connectivity index (χ0v) is 12.5. The van der Waals surface area contributed by atoms with Crippen LogP contribution in [0.4, 0.5) is 0 Å². The lowest BCUT2D eigenvalue weighted by atomic mass is 10.2. The zero-order chi connectivity index (χ0) is 14.5. The number of hydrogen-bond acceptors (Lipinski definition) is 4. The summed E-state index contributed by atoms with van der Waals surface area (Å²) in [6.45, 7) is 3.55. The molecule has 0 aromatic heterocycles. The Morgan fingerprint density at radius 3 is 2.71 bits per heavy atom. The van der Waals surface area contributed by atoms with E-state index in [1.807, 2.05) is 0 Å². The van der Waals surface area contributed by atoms with Crippen molar-refractivity contribution in [3.63, 3.8) is 0 Å². The van der Waals surface area contributed by atoms with Crippen LogP contribution in [0.15, 0.2) is 24.3 Å². The van der Waals surface area contributed by atoms with Gasteiger partial charge in [-0.2, -0.15) is 0 Å². The summed E-state index contributed by atoms with van der Waals surface area (Å²) in [4.78, 5) is 2.24. The van der Waals surface area contributed by atoms with E-state index in [1.54, 1.807) is 0 Å². The highest BCUT2D eigenvalue weighted by Crippen LogP contribution is 2.24. The SMILES string of the molecule is OC1COCCN(Cc2ccc(OC3CCCC3)cc2)C1. The van der Waals surface area contributed by atoms with Gasteiger partial charge in [-0.1, -0.05) is 12.1 Å². The molecule has 1 aromatic rings. The molecule has 1 saturated carbocycles. The van der Waals surface area contributed by atoms with Crippen LogP contribution < -0.4 is 4.74 Å². The maximum atomic E-state index is 9.75. The van der Waals surface area contributed by atoms with Crippen molar-refractivity contribution in [3.05, 3.63) is 29.8 Å². The molecule has 0 spiro atoms. The molecule has 0 bridgehead atoms. The van der Waals surface area contributed by atoms with Crippen LogP contribution in [-0.2, 0) is 11.3 Å². The minimum absolute atomic E-state index is 0.377. The van der Waals surface area contributed by atoms with E-state index in [1.165, 1.54) is 31.2 Å². The molecule has 1 N–H and O–H groups in total. The lowest BCUT2D eigenvalue weighted by Gasteiger charge is -2.21. The molecule has 1 atom stereocenters. The Hall–Kier alpha value is -1.10. The number of aliphatic hydroxyl groups is 1. The molecule has 1 aliphatic carbocycles. The van der Waals surface area contributed by atoms with Crippen LogP contribution in [0.5, 0.6) is 5.75 Å². The van der Waals surface area contributed by atoms with Crippen molar-refractivity contribution in [1.82, 2.24) is 4.90 Å². The van der Waals surface area contributed by atoms with E-state index in [0.29, 0.717) is 25.9 Å². The van der Waals surface area contributed by atoms with Crippen molar-refractivity contribution >= 4 is 0 Å². The molecule has 1 unspecified atom stereocenters. The third-order valence-corrected chi connectivity index (χ3v) is 4.27. The van der Waals surface area contributed by atoms with Crippen molar-refractivity contribution in [3.8, 4) is 5.75 Å². The maximum Gasteiger partial charge on any atom is 0.119 e. The van der Waals surface area contributed by atoms with Crippen molar-refractivity contribution in [2.24, 2.45) is 0 Å². The minimum Gasteiger partial charge on any atom is -0.490 e. The summed E-state index contributed by atoms with van der Waals surface area (Å²) in [7, 11) is 0. The molecule has 1 aromatic carbocycles. The molecule has 0 radical (unpaired) electrons. The quantitative estimate of drug-likeness (QED) is 0.923. The first-order chi connectivity index (χ1) is 10.3. The van der Waals surface area contributed by atoms with Gasteiger partial charge in [0, 0.05) is 19.6 Å². The molecule has 0 amide bonds. The minimum atomic E-state index is -0.377. The second-order valence-electron chi connectivity index (χ2n) is 6.13. The molecule has 4 heteroatoms. The van der Waals surface area contributed by atoms with Crippen LogP contribution in [0.1, 0.15) is 31.2 Å². The molecular formula is C17H25NO3. The monoisotopic (exact) mass is 291 g/mol. The van der Waals surface area contributed by atoms with Crippen molar-refractivity contribution < 1.29 is 14.6 Å². The van der Waals surface area contributed by atoms with Crippen LogP contribution in [0.2, 0.25) is 0 Å². The van der Waals surface area contributed by atoms with Gasteiger partial charge in [0.25, 0.3) is 0 Å². The van der Waals surface area contributed by atoms with Gasteiger partial charge in [0.1, 0.15) is 5.75 Å². The summed E-state index contributed by atoms with van der Waals surface area (Å²) >= 11 is 0. The Kier molecular flexibility index (Phi) is 5.12. The van der Waals surface area contributed by atoms with Gasteiger partial charge >= 0.3 is 0 Å². The Labute approximate surface area is 126 Å². The number of ether oxygens (including phenoxy) is 2. The first-order valence-corrected chi connectivity index (χ1v) is 8.03. The predicted molar refractivity (Wildman–Crippen MR) is 81.4 cm³/mol. The second kappa shape index (κ2) is 7.25. The topological polar surface area (TPSA) is 41.9 Å². The first kappa shape index (κ1) is 14.8. The molecule has 3 rings (SSSR count). The largest absolute Gasteiger partial charge is 0.490 e. The smallest absolute Gasteiger partial charge is 0.119 e. The predicted octanol–water partition coefficient (Wildman–Crippen LogP) is 2.20. The summed E-state index contributed by atoms with van der Waals surface area (Å²) < 4.78 is 11.3. The van der Waals surface area contributed by atoms with Crippen molar-refractivity contribution in [2.45, 2.75) is 44.4 Å². The Morgan fingerprint density at radius 2 is 1.95 bits per heavy atom. The van der Waals surface area contributed by atoms with Gasteiger partial charge in [0.2, 0.25) is 0 Å². The average molecular weight is 291 g/mol. The maximum absolute atomic E-state index is 9.75. The van der Waals surface area contributed by atoms with Crippen molar-refractivity contribution in [1.29, 1.82) is 0 Å². The van der Waals surface area contributed by atoms with Crippen LogP contribution >= 0.6 is 0 Å². The van der Waals surface area contributed by atoms with Crippen LogP contribution in [0.3, 0.4) is 0 Å². The lowest BCUT2D eigenvalue weighted by Crippen LogP contribution is -2.32. The fourth-order valence-electron chi connectivity index (χ4n) is 3.13. The zero-order valence-electron chi connectivity index (χ0n) is 12.5. The fraction of sp³-hybridized carbons (Fsp3) is 0.647. The molecule has 2 aliphatic rings. The Balaban J connectivity index is 1.53. The summed E-state index contributed by atoms with van der Waals surface area (Å²) in [6.07, 6.45) is 5.00. The lowest BCUT2D eigenvalue weighted by molar-refractivity contribution is 0.0562. The van der Waals surface area contributed by atoms with Gasteiger partial charge < -0.3 is 14.6 Å². The summed E-state index contributed by atoms with van der Waals surface area (Å²) in [5.41, 5.74) is 1.25. The molecule has 1 heterocycles. The molecule has 1 aliphatic heterocycles. The van der Waals surface area contributed by atoms with E-state index in [-0.39, 0.29) is 6.10 Å². The fourth-order valence-corrected chi connectivity index (χ4v) is 3.13. The molecule has 116 valence electrons. The number of β-amino-alcohol motifs (C(OH)–C–C–N with tert-alkyl or cyclic N) is 1. The highest BCUT2D eigenvalue weighted by Gasteiger charge is 2.17. The Morgan fingerprint density at radius 1 is 1.19 bits per heavy atom. The third-order valence-electron chi connectivity index (χ3n) is 4.27. The summed E-state index contributed by atoms with van der Waals surface area (Å²) in [5, 5.41) is 9.75. The van der Waals surface area contributed by atoms with Gasteiger partial charge in [0.05, 0.1) is 25.4 Å². The molecule has 2 fully saturated rings. The van der Waals surface area contributed by atoms with Crippen LogP contribution in [-0.4, -0.2) is 48.5 Å². The normalized spacial score (nSPS) is 24.9. The van der Waals surface area contributed by atoms with Gasteiger partial charge in [-0.05, 0) is 43.4 Å². The number of hydrogen-bond donors (Lipinski definition) is 1. The number of benzene rings is 1. The van der Waals surface area contributed by atoms with Crippen LogP contribution in [0, 0.1) is 0 Å². The van der Waals surface area contributed by atoms with Gasteiger partial charge in [-0.15, -0.1) is 0 Å².